The van der Waals surface area contributed by atoms with Crippen LogP contribution >= 0.6 is 0 Å². The zero-order chi connectivity index (χ0) is 26.0. The monoisotopic (exact) mass is 512 g/mol. The fourth-order valence-electron chi connectivity index (χ4n) is 12.3. The number of allylic oxidation sites excluding steroid dienone is 2. The number of ketones is 3. The van der Waals surface area contributed by atoms with E-state index in [0.29, 0.717) is 30.2 Å². The second kappa shape index (κ2) is 7.70. The molecule has 8 rings (SSSR count). The van der Waals surface area contributed by atoms with Gasteiger partial charge in [-0.1, -0.05) is 56.9 Å². The largest absolute Gasteiger partial charge is 0.497 e. The number of Topliss-reactive ketones (excluding diaryl/α,β-unsaturated/α-hetero) is 3. The molecule has 4 nitrogen and oxygen atoms in total. The molecule has 0 heterocycles. The quantitative estimate of drug-likeness (QED) is 0.448. The molecule has 11 atom stereocenters. The van der Waals surface area contributed by atoms with Crippen molar-refractivity contribution in [1.29, 1.82) is 0 Å². The van der Waals surface area contributed by atoms with Crippen LogP contribution in [-0.4, -0.2) is 24.5 Å². The molecule has 6 saturated carbocycles. The van der Waals surface area contributed by atoms with Crippen molar-refractivity contribution in [3.63, 3.8) is 0 Å². The van der Waals surface area contributed by atoms with Gasteiger partial charge in [0, 0.05) is 41.9 Å². The molecule has 1 aromatic rings. The molecule has 0 amide bonds. The average molecular weight is 513 g/mol. The lowest BCUT2D eigenvalue weighted by Gasteiger charge is -2.51. The van der Waals surface area contributed by atoms with Gasteiger partial charge in [0.2, 0.25) is 0 Å². The maximum absolute atomic E-state index is 14.7. The van der Waals surface area contributed by atoms with Crippen molar-refractivity contribution < 1.29 is 19.1 Å². The van der Waals surface area contributed by atoms with E-state index in [2.05, 4.69) is 31.2 Å². The van der Waals surface area contributed by atoms with Gasteiger partial charge in [-0.3, -0.25) is 14.4 Å². The lowest BCUT2D eigenvalue weighted by molar-refractivity contribution is -0.139. The second-order valence-electron chi connectivity index (χ2n) is 14.2. The summed E-state index contributed by atoms with van der Waals surface area (Å²) in [5.41, 5.74) is 0.646. The summed E-state index contributed by atoms with van der Waals surface area (Å²) in [4.78, 5) is 42.5. The summed E-state index contributed by atoms with van der Waals surface area (Å²) in [6.45, 7) is 2.45. The van der Waals surface area contributed by atoms with Crippen LogP contribution in [-0.2, 0) is 19.8 Å². The van der Waals surface area contributed by atoms with Crippen molar-refractivity contribution in [2.45, 2.75) is 76.5 Å². The van der Waals surface area contributed by atoms with Crippen molar-refractivity contribution in [1.82, 2.24) is 0 Å². The minimum absolute atomic E-state index is 0.00541. The van der Waals surface area contributed by atoms with E-state index >= 15 is 0 Å². The van der Waals surface area contributed by atoms with Gasteiger partial charge >= 0.3 is 0 Å². The van der Waals surface area contributed by atoms with Crippen LogP contribution in [0.1, 0.15) is 76.7 Å². The van der Waals surface area contributed by atoms with Gasteiger partial charge in [-0.15, -0.1) is 0 Å². The molecule has 7 aliphatic rings. The van der Waals surface area contributed by atoms with E-state index in [1.807, 2.05) is 12.1 Å². The first kappa shape index (κ1) is 23.6. The molecule has 0 spiro atoms. The number of carbonyl (C=O) groups is 3. The van der Waals surface area contributed by atoms with Crippen LogP contribution in [0, 0.1) is 58.2 Å². The van der Waals surface area contributed by atoms with Gasteiger partial charge in [-0.05, 0) is 77.9 Å². The summed E-state index contributed by atoms with van der Waals surface area (Å²) in [6.07, 6.45) is 14.7. The maximum atomic E-state index is 14.7. The summed E-state index contributed by atoms with van der Waals surface area (Å²) < 4.78 is 5.49. The third-order valence-electron chi connectivity index (χ3n) is 13.5. The summed E-state index contributed by atoms with van der Waals surface area (Å²) in [6, 6.07) is 8.44. The predicted molar refractivity (Wildman–Crippen MR) is 143 cm³/mol. The Morgan fingerprint density at radius 3 is 2.29 bits per heavy atom. The van der Waals surface area contributed by atoms with Gasteiger partial charge in [-0.2, -0.15) is 0 Å². The molecule has 0 aromatic heterocycles. The predicted octanol–water partition coefficient (Wildman–Crippen LogP) is 6.12. The van der Waals surface area contributed by atoms with Crippen LogP contribution in [0.2, 0.25) is 0 Å². The highest BCUT2D eigenvalue weighted by molar-refractivity contribution is 5.97. The van der Waals surface area contributed by atoms with E-state index in [0.717, 1.165) is 50.7 Å². The normalized spacial score (nSPS) is 50.2. The molecule has 1 aromatic carbocycles. The van der Waals surface area contributed by atoms with Crippen LogP contribution < -0.4 is 4.74 Å². The van der Waals surface area contributed by atoms with E-state index in [1.54, 1.807) is 7.11 Å². The Morgan fingerprint density at radius 2 is 1.50 bits per heavy atom. The molecule has 38 heavy (non-hydrogen) atoms. The number of ether oxygens (including phenoxy) is 1. The van der Waals surface area contributed by atoms with Gasteiger partial charge in [-0.25, -0.2) is 0 Å². The highest BCUT2D eigenvalue weighted by atomic mass is 16.5. The molecule has 1 unspecified atom stereocenters. The fourth-order valence-corrected chi connectivity index (χ4v) is 12.3. The van der Waals surface area contributed by atoms with E-state index in [1.165, 1.54) is 12.0 Å². The number of fused-ring (bicyclic) bond motifs is 8. The average Bonchev–Trinajstić information content (AvgIpc) is 3.45. The SMILES string of the molecule is COc1ccc([C@@]23C=C[C@]4(CCCC[C@@]42C)[C@H]2[C@@H]4C(=O)[C@@H]5[C@@H](CC(=O)C6CCCC[C@@H]65)[C@@H]4CC(=O)[C@H]23)cc1. The Labute approximate surface area is 226 Å². The number of hydrogen-bond acceptors (Lipinski definition) is 4. The summed E-state index contributed by atoms with van der Waals surface area (Å²) in [5, 5.41) is 0. The van der Waals surface area contributed by atoms with Crippen molar-refractivity contribution in [2.24, 2.45) is 58.2 Å². The van der Waals surface area contributed by atoms with Crippen LogP contribution in [0.3, 0.4) is 0 Å². The molecule has 2 bridgehead atoms. The zero-order valence-electron chi connectivity index (χ0n) is 22.8. The molecule has 4 heteroatoms. The van der Waals surface area contributed by atoms with Crippen molar-refractivity contribution in [3.8, 4) is 5.75 Å². The number of rotatable bonds is 2. The zero-order valence-corrected chi connectivity index (χ0v) is 22.8. The Hall–Kier alpha value is -2.23. The van der Waals surface area contributed by atoms with Gasteiger partial charge < -0.3 is 4.74 Å². The number of methoxy groups -OCH3 is 1. The van der Waals surface area contributed by atoms with Crippen LogP contribution in [0.15, 0.2) is 36.4 Å². The van der Waals surface area contributed by atoms with E-state index < -0.39 is 0 Å². The molecular weight excluding hydrogens is 472 g/mol. The standard InChI is InChI=1S/C34H40O4/c1-32-13-5-6-14-33(32)15-16-34(32,19-9-11-20(38-2)12-10-19)29-26(36)18-24-23-17-25(35)21-7-3-4-8-22(21)27(23)31(37)28(24)30(29)33/h9-12,15-16,21-24,27-30H,3-8,13-14,17-18H2,1-2H3/t21?,22-,23-,24-,27-,28+,29+,30-,32-,33+,34+/m0/s1. The smallest absolute Gasteiger partial charge is 0.140 e. The molecular formula is C34H40O4. The highest BCUT2D eigenvalue weighted by Gasteiger charge is 2.81. The van der Waals surface area contributed by atoms with E-state index in [4.69, 9.17) is 4.74 Å². The number of benzene rings is 1. The summed E-state index contributed by atoms with van der Waals surface area (Å²) in [5.74, 6) is 2.36. The molecule has 7 aliphatic carbocycles. The number of hydrogen-bond donors (Lipinski definition) is 0. The molecule has 0 radical (unpaired) electrons. The summed E-state index contributed by atoms with van der Waals surface area (Å²) in [7, 11) is 1.69. The maximum Gasteiger partial charge on any atom is 0.140 e. The minimum atomic E-state index is -0.371. The van der Waals surface area contributed by atoms with Gasteiger partial charge in [0.05, 0.1) is 7.11 Å². The Balaban J connectivity index is 1.29. The van der Waals surface area contributed by atoms with Gasteiger partial charge in [0.15, 0.2) is 0 Å². The van der Waals surface area contributed by atoms with Gasteiger partial charge in [0.1, 0.15) is 23.1 Å². The molecule has 0 aliphatic heterocycles. The van der Waals surface area contributed by atoms with Crippen molar-refractivity contribution >= 4 is 17.3 Å². The van der Waals surface area contributed by atoms with Crippen molar-refractivity contribution in [2.75, 3.05) is 7.11 Å². The van der Waals surface area contributed by atoms with Crippen LogP contribution in [0.4, 0.5) is 0 Å². The van der Waals surface area contributed by atoms with Crippen LogP contribution in [0.5, 0.6) is 5.75 Å². The van der Waals surface area contributed by atoms with E-state index in [9.17, 15) is 14.4 Å². The first-order valence-corrected chi connectivity index (χ1v) is 15.3. The lowest BCUT2D eigenvalue weighted by Crippen LogP contribution is -2.50. The third kappa shape index (κ3) is 2.49. The topological polar surface area (TPSA) is 60.4 Å². The van der Waals surface area contributed by atoms with E-state index in [-0.39, 0.29) is 63.6 Å². The lowest BCUT2D eigenvalue weighted by atomic mass is 9.52. The molecule has 0 N–H and O–H groups in total. The molecule has 200 valence electrons. The fraction of sp³-hybridized carbons (Fsp3) is 0.676. The summed E-state index contributed by atoms with van der Waals surface area (Å²) >= 11 is 0. The Morgan fingerprint density at radius 1 is 0.789 bits per heavy atom. The minimum Gasteiger partial charge on any atom is -0.497 e. The Bertz CT molecular complexity index is 1260. The molecule has 0 saturated heterocycles. The first-order chi connectivity index (χ1) is 18.4. The third-order valence-corrected chi connectivity index (χ3v) is 13.5. The van der Waals surface area contributed by atoms with Crippen molar-refractivity contribution in [3.05, 3.63) is 42.0 Å². The first-order valence-electron chi connectivity index (χ1n) is 15.3. The Kier molecular flexibility index (Phi) is 4.79. The second-order valence-corrected chi connectivity index (χ2v) is 14.2. The van der Waals surface area contributed by atoms with Crippen LogP contribution in [0.25, 0.3) is 0 Å². The molecule has 6 fully saturated rings. The highest BCUT2D eigenvalue weighted by Crippen LogP contribution is 2.81. The number of carbonyl (C=O) groups excluding carboxylic acids is 3. The van der Waals surface area contributed by atoms with Gasteiger partial charge in [0.25, 0.3) is 0 Å².